The van der Waals surface area contributed by atoms with Gasteiger partial charge in [-0.1, -0.05) is 60.7 Å². The first-order chi connectivity index (χ1) is 16.6. The Morgan fingerprint density at radius 3 is 2.14 bits per heavy atom. The number of nitrogens with one attached hydrogen (secondary N) is 1. The van der Waals surface area contributed by atoms with Crippen molar-refractivity contribution >= 4 is 12.1 Å². The van der Waals surface area contributed by atoms with E-state index in [1.165, 1.54) is 19.1 Å². The third-order valence-electron chi connectivity index (χ3n) is 6.25. The number of ether oxygens (including phenoxy) is 1. The molecule has 1 atom stereocenters. The number of alkyl halides is 3. The lowest BCUT2D eigenvalue weighted by atomic mass is 9.98. The highest BCUT2D eigenvalue weighted by Gasteiger charge is 2.32. The maximum absolute atomic E-state index is 13.0. The number of amides is 1. The second-order valence-corrected chi connectivity index (χ2v) is 8.55. The number of benzene rings is 3. The summed E-state index contributed by atoms with van der Waals surface area (Å²) in [5, 5.41) is 11.9. The Hall–Kier alpha value is -3.81. The van der Waals surface area contributed by atoms with Crippen LogP contribution in [0.4, 0.5) is 18.0 Å². The van der Waals surface area contributed by atoms with Gasteiger partial charge in [0, 0.05) is 5.92 Å². The lowest BCUT2D eigenvalue weighted by Gasteiger charge is -2.18. The Morgan fingerprint density at radius 1 is 1.00 bits per heavy atom. The van der Waals surface area contributed by atoms with E-state index in [-0.39, 0.29) is 30.9 Å². The molecule has 0 bridgehead atoms. The molecule has 35 heavy (non-hydrogen) atoms. The number of aliphatic carboxylic acids is 1. The van der Waals surface area contributed by atoms with Crippen LogP contribution in [0, 0.1) is 6.92 Å². The van der Waals surface area contributed by atoms with Crippen molar-refractivity contribution in [3.8, 4) is 11.1 Å². The zero-order valence-electron chi connectivity index (χ0n) is 18.9. The number of carbonyl (C=O) groups excluding carboxylic acids is 1. The van der Waals surface area contributed by atoms with Gasteiger partial charge in [-0.25, -0.2) is 9.59 Å². The van der Waals surface area contributed by atoms with Crippen molar-refractivity contribution in [2.75, 3.05) is 6.61 Å². The van der Waals surface area contributed by atoms with Gasteiger partial charge in [0.1, 0.15) is 12.6 Å². The van der Waals surface area contributed by atoms with Gasteiger partial charge in [-0.3, -0.25) is 0 Å². The van der Waals surface area contributed by atoms with E-state index in [1.807, 2.05) is 48.5 Å². The number of rotatable bonds is 7. The molecule has 0 fully saturated rings. The molecule has 0 aromatic heterocycles. The van der Waals surface area contributed by atoms with Crippen LogP contribution in [0.2, 0.25) is 0 Å². The largest absolute Gasteiger partial charge is 0.480 e. The molecule has 0 heterocycles. The SMILES string of the molecule is Cc1cc(CCC(NC(=O)OCC2c3ccccc3-c3ccccc32)C(=O)O)ccc1C(F)(F)F. The minimum atomic E-state index is -4.45. The van der Waals surface area contributed by atoms with Gasteiger partial charge in [0.15, 0.2) is 0 Å². The van der Waals surface area contributed by atoms with Gasteiger partial charge in [0.05, 0.1) is 5.56 Å². The molecule has 182 valence electrons. The molecule has 0 saturated carbocycles. The van der Waals surface area contributed by atoms with Crippen molar-refractivity contribution in [3.63, 3.8) is 0 Å². The van der Waals surface area contributed by atoms with Gasteiger partial charge in [-0.15, -0.1) is 0 Å². The normalized spacial score (nSPS) is 13.6. The first-order valence-electron chi connectivity index (χ1n) is 11.2. The fourth-order valence-corrected chi connectivity index (χ4v) is 4.55. The molecule has 1 aliphatic rings. The monoisotopic (exact) mass is 483 g/mol. The molecular weight excluding hydrogens is 459 g/mol. The summed E-state index contributed by atoms with van der Waals surface area (Å²) in [7, 11) is 0. The van der Waals surface area contributed by atoms with Gasteiger partial charge >= 0.3 is 18.2 Å². The number of hydrogen-bond acceptors (Lipinski definition) is 3. The van der Waals surface area contributed by atoms with Gasteiger partial charge in [-0.2, -0.15) is 13.2 Å². The second kappa shape index (κ2) is 9.82. The van der Waals surface area contributed by atoms with E-state index in [4.69, 9.17) is 4.74 Å². The average molecular weight is 483 g/mol. The minimum Gasteiger partial charge on any atom is -0.480 e. The van der Waals surface area contributed by atoms with Crippen LogP contribution in [0.25, 0.3) is 11.1 Å². The quantitative estimate of drug-likeness (QED) is 0.436. The summed E-state index contributed by atoms with van der Waals surface area (Å²) < 4.78 is 44.3. The topological polar surface area (TPSA) is 75.6 Å². The van der Waals surface area contributed by atoms with Crippen LogP contribution in [0.1, 0.15) is 40.2 Å². The van der Waals surface area contributed by atoms with Crippen LogP contribution < -0.4 is 5.32 Å². The summed E-state index contributed by atoms with van der Waals surface area (Å²) in [4.78, 5) is 24.1. The molecule has 5 nitrogen and oxygen atoms in total. The van der Waals surface area contributed by atoms with Gasteiger partial charge in [0.2, 0.25) is 0 Å². The molecule has 1 amide bonds. The van der Waals surface area contributed by atoms with Crippen molar-refractivity contribution in [1.29, 1.82) is 0 Å². The highest BCUT2D eigenvalue weighted by molar-refractivity contribution is 5.81. The van der Waals surface area contributed by atoms with Crippen molar-refractivity contribution in [3.05, 3.63) is 94.5 Å². The summed E-state index contributed by atoms with van der Waals surface area (Å²) in [6.07, 6.45) is -5.12. The first-order valence-corrected chi connectivity index (χ1v) is 11.2. The van der Waals surface area contributed by atoms with E-state index in [2.05, 4.69) is 5.32 Å². The van der Waals surface area contributed by atoms with E-state index in [0.717, 1.165) is 28.3 Å². The predicted molar refractivity (Wildman–Crippen MR) is 124 cm³/mol. The van der Waals surface area contributed by atoms with E-state index < -0.39 is 29.8 Å². The number of carboxylic acids is 1. The van der Waals surface area contributed by atoms with E-state index in [0.29, 0.717) is 5.56 Å². The highest BCUT2D eigenvalue weighted by Crippen LogP contribution is 2.44. The Labute approximate surface area is 200 Å². The molecule has 8 heteroatoms. The summed E-state index contributed by atoms with van der Waals surface area (Å²) in [5.41, 5.74) is 4.11. The lowest BCUT2D eigenvalue weighted by Crippen LogP contribution is -2.41. The number of alkyl carbamates (subject to hydrolysis) is 1. The van der Waals surface area contributed by atoms with Crippen LogP contribution in [0.5, 0.6) is 0 Å². The molecule has 3 aromatic carbocycles. The number of fused-ring (bicyclic) bond motifs is 3. The fraction of sp³-hybridized carbons (Fsp3) is 0.259. The Morgan fingerprint density at radius 2 is 1.60 bits per heavy atom. The molecular formula is C27H24F3NO4. The molecule has 1 aliphatic carbocycles. The van der Waals surface area contributed by atoms with Crippen LogP contribution in [-0.4, -0.2) is 29.8 Å². The molecule has 1 unspecified atom stereocenters. The third kappa shape index (κ3) is 5.31. The number of carboxylic acid groups (broad SMARTS) is 1. The van der Waals surface area contributed by atoms with E-state index in [1.54, 1.807) is 0 Å². The van der Waals surface area contributed by atoms with Crippen molar-refractivity contribution in [1.82, 2.24) is 5.32 Å². The molecule has 0 radical (unpaired) electrons. The van der Waals surface area contributed by atoms with Crippen LogP contribution >= 0.6 is 0 Å². The highest BCUT2D eigenvalue weighted by atomic mass is 19.4. The number of aryl methyl sites for hydroxylation is 2. The van der Waals surface area contributed by atoms with Crippen molar-refractivity contribution in [2.24, 2.45) is 0 Å². The number of halogens is 3. The Bertz CT molecular complexity index is 1210. The van der Waals surface area contributed by atoms with Crippen LogP contribution in [0.3, 0.4) is 0 Å². The molecule has 0 saturated heterocycles. The van der Waals surface area contributed by atoms with Crippen LogP contribution in [-0.2, 0) is 22.1 Å². The molecule has 0 spiro atoms. The Kier molecular flexibility index (Phi) is 6.82. The van der Waals surface area contributed by atoms with Gasteiger partial charge in [-0.05, 0) is 59.2 Å². The van der Waals surface area contributed by atoms with E-state index >= 15 is 0 Å². The minimum absolute atomic E-state index is 0.00430. The summed E-state index contributed by atoms with van der Waals surface area (Å²) in [6, 6.07) is 18.2. The zero-order chi connectivity index (χ0) is 25.2. The van der Waals surface area contributed by atoms with Crippen LogP contribution in [0.15, 0.2) is 66.7 Å². The predicted octanol–water partition coefficient (Wildman–Crippen LogP) is 5.94. The van der Waals surface area contributed by atoms with E-state index in [9.17, 15) is 27.9 Å². The van der Waals surface area contributed by atoms with Crippen molar-refractivity contribution < 1.29 is 32.6 Å². The zero-order valence-corrected chi connectivity index (χ0v) is 18.9. The first kappa shape index (κ1) is 24.3. The van der Waals surface area contributed by atoms with Gasteiger partial charge in [0.25, 0.3) is 0 Å². The fourth-order valence-electron chi connectivity index (χ4n) is 4.55. The van der Waals surface area contributed by atoms with Crippen molar-refractivity contribution in [2.45, 2.75) is 37.9 Å². The number of hydrogen-bond donors (Lipinski definition) is 2. The van der Waals surface area contributed by atoms with Gasteiger partial charge < -0.3 is 15.2 Å². The third-order valence-corrected chi connectivity index (χ3v) is 6.25. The maximum atomic E-state index is 13.0. The summed E-state index contributed by atoms with van der Waals surface area (Å²) in [5.74, 6) is -1.41. The Balaban J connectivity index is 1.37. The molecule has 0 aliphatic heterocycles. The number of carbonyl (C=O) groups is 2. The average Bonchev–Trinajstić information content (AvgIpc) is 3.13. The summed E-state index contributed by atoms with van der Waals surface area (Å²) >= 11 is 0. The molecule has 3 aromatic rings. The molecule has 2 N–H and O–H groups in total. The standard InChI is InChI=1S/C27H24F3NO4/c1-16-14-17(10-12-23(16)27(28,29)30)11-13-24(25(32)33)31-26(34)35-15-22-20-8-4-2-6-18(20)19-7-3-5-9-21(19)22/h2-10,12,14,22,24H,11,13,15H2,1H3,(H,31,34)(H,32,33). The molecule has 4 rings (SSSR count). The lowest BCUT2D eigenvalue weighted by molar-refractivity contribution is -0.139. The second-order valence-electron chi connectivity index (χ2n) is 8.55. The smallest absolute Gasteiger partial charge is 0.416 e. The maximum Gasteiger partial charge on any atom is 0.416 e. The summed E-state index contributed by atoms with van der Waals surface area (Å²) in [6.45, 7) is 1.40.